The molecule has 3 aromatic heterocycles. The van der Waals surface area contributed by atoms with Gasteiger partial charge in [-0.2, -0.15) is 4.98 Å². The monoisotopic (exact) mass is 839 g/mol. The van der Waals surface area contributed by atoms with Crippen LogP contribution in [-0.2, 0) is 16.8 Å². The van der Waals surface area contributed by atoms with Crippen LogP contribution in [0.15, 0.2) is 83.6 Å². The van der Waals surface area contributed by atoms with Gasteiger partial charge in [0.15, 0.2) is 5.82 Å². The summed E-state index contributed by atoms with van der Waals surface area (Å²) >= 11 is 0. The Hall–Kier alpha value is -6.65. The summed E-state index contributed by atoms with van der Waals surface area (Å²) in [5.74, 6) is 0.246. The average Bonchev–Trinajstić information content (AvgIpc) is 3.96. The lowest BCUT2D eigenvalue weighted by molar-refractivity contribution is -0.120. The second kappa shape index (κ2) is 18.1. The van der Waals surface area contributed by atoms with Crippen LogP contribution in [0.1, 0.15) is 80.6 Å². The van der Waals surface area contributed by atoms with Gasteiger partial charge in [0.2, 0.25) is 5.91 Å². The van der Waals surface area contributed by atoms with Gasteiger partial charge in [-0.1, -0.05) is 50.2 Å². The number of H-pyrrole nitrogens is 1. The molecule has 8 rings (SSSR count). The van der Waals surface area contributed by atoms with E-state index in [1.807, 2.05) is 64.1 Å². The van der Waals surface area contributed by atoms with Crippen molar-refractivity contribution in [1.29, 1.82) is 0 Å². The van der Waals surface area contributed by atoms with Gasteiger partial charge >= 0.3 is 17.8 Å². The number of amides is 4. The SMILES string of the molecule is C[C@@H](NC(=O)c1nc(C(C)(C)C)no1)c1ccc(-c2ncnc3[nH]c(-c4ccc(NCCNCC5CCN(c6ccc(N7CCC(=O)NC7=O)cc6)CC5)cc4)cc23)cc1CO. The van der Waals surface area contributed by atoms with E-state index >= 15 is 0 Å². The van der Waals surface area contributed by atoms with Crippen LogP contribution in [0, 0.1) is 5.92 Å². The Kier molecular flexibility index (Phi) is 12.3. The third-order valence-corrected chi connectivity index (χ3v) is 11.6. The van der Waals surface area contributed by atoms with Gasteiger partial charge in [0, 0.05) is 78.3 Å². The van der Waals surface area contributed by atoms with Crippen molar-refractivity contribution in [3.05, 3.63) is 102 Å². The number of hydrogen-bond acceptors (Lipinski definition) is 12. The number of aliphatic hydroxyl groups is 1. The van der Waals surface area contributed by atoms with E-state index in [1.165, 1.54) is 6.33 Å². The van der Waals surface area contributed by atoms with Crippen molar-refractivity contribution in [3.63, 3.8) is 0 Å². The molecule has 6 N–H and O–H groups in total. The fraction of sp³-hybridized carbons (Fsp3) is 0.370. The van der Waals surface area contributed by atoms with Crippen molar-refractivity contribution in [2.24, 2.45) is 5.92 Å². The number of benzene rings is 3. The number of urea groups is 1. The largest absolute Gasteiger partial charge is 0.392 e. The number of aromatic amines is 1. The van der Waals surface area contributed by atoms with Crippen molar-refractivity contribution in [2.75, 3.05) is 54.4 Å². The highest BCUT2D eigenvalue weighted by molar-refractivity contribution is 6.05. The lowest BCUT2D eigenvalue weighted by Gasteiger charge is -2.34. The molecule has 6 aromatic rings. The molecule has 2 saturated heterocycles. The van der Waals surface area contributed by atoms with E-state index in [0.29, 0.717) is 35.9 Å². The number of aromatic nitrogens is 5. The predicted molar refractivity (Wildman–Crippen MR) is 238 cm³/mol. The summed E-state index contributed by atoms with van der Waals surface area (Å²) in [6.07, 6.45) is 4.07. The van der Waals surface area contributed by atoms with Gasteiger partial charge in [-0.15, -0.1) is 0 Å². The Morgan fingerprint density at radius 3 is 2.39 bits per heavy atom. The lowest BCUT2D eigenvalue weighted by Crippen LogP contribution is -2.49. The van der Waals surface area contributed by atoms with Crippen LogP contribution in [0.3, 0.4) is 0 Å². The molecule has 322 valence electrons. The first-order valence-corrected chi connectivity index (χ1v) is 21.2. The maximum atomic E-state index is 12.9. The molecule has 0 unspecified atom stereocenters. The van der Waals surface area contributed by atoms with Gasteiger partial charge in [0.25, 0.3) is 0 Å². The van der Waals surface area contributed by atoms with Crippen LogP contribution in [0.4, 0.5) is 21.9 Å². The molecule has 3 aromatic carbocycles. The fourth-order valence-electron chi connectivity index (χ4n) is 8.01. The van der Waals surface area contributed by atoms with Crippen LogP contribution in [0.25, 0.3) is 33.5 Å². The van der Waals surface area contributed by atoms with Gasteiger partial charge in [-0.05, 0) is 97.4 Å². The zero-order valence-electron chi connectivity index (χ0n) is 35.5. The van der Waals surface area contributed by atoms with Crippen molar-refractivity contribution < 1.29 is 24.0 Å². The smallest absolute Gasteiger partial charge is 0.328 e. The molecule has 2 fully saturated rings. The van der Waals surface area contributed by atoms with Crippen LogP contribution in [0.5, 0.6) is 0 Å². The number of piperidine rings is 1. The molecule has 4 amide bonds. The molecule has 0 radical (unpaired) electrons. The average molecular weight is 840 g/mol. The van der Waals surface area contributed by atoms with E-state index in [0.717, 1.165) is 96.1 Å². The summed E-state index contributed by atoms with van der Waals surface area (Å²) in [4.78, 5) is 57.5. The van der Waals surface area contributed by atoms with Crippen molar-refractivity contribution in [3.8, 4) is 22.5 Å². The number of carbonyl (C=O) groups is 3. The number of carbonyl (C=O) groups excluding carboxylic acids is 3. The highest BCUT2D eigenvalue weighted by atomic mass is 16.5. The molecule has 1 atom stereocenters. The normalized spacial score (nSPS) is 15.5. The molecule has 2 aliphatic heterocycles. The highest BCUT2D eigenvalue weighted by Gasteiger charge is 2.27. The summed E-state index contributed by atoms with van der Waals surface area (Å²) in [6.45, 7) is 12.5. The first kappa shape index (κ1) is 42.1. The molecule has 0 spiro atoms. The van der Waals surface area contributed by atoms with Gasteiger partial charge in [0.05, 0.1) is 18.3 Å². The first-order chi connectivity index (χ1) is 29.9. The van der Waals surface area contributed by atoms with E-state index in [1.54, 1.807) is 4.90 Å². The number of fused-ring (bicyclic) bond motifs is 1. The van der Waals surface area contributed by atoms with Crippen LogP contribution >= 0.6 is 0 Å². The Morgan fingerprint density at radius 1 is 0.935 bits per heavy atom. The van der Waals surface area contributed by atoms with Crippen molar-refractivity contribution in [2.45, 2.75) is 65.0 Å². The van der Waals surface area contributed by atoms with Crippen LogP contribution < -0.4 is 31.1 Å². The fourth-order valence-corrected chi connectivity index (χ4v) is 8.01. The predicted octanol–water partition coefficient (Wildman–Crippen LogP) is 6.32. The third-order valence-electron chi connectivity index (χ3n) is 11.6. The Bertz CT molecular complexity index is 2540. The highest BCUT2D eigenvalue weighted by Crippen LogP contribution is 2.33. The minimum absolute atomic E-state index is 0.107. The van der Waals surface area contributed by atoms with Gasteiger partial charge in [0.1, 0.15) is 12.0 Å². The molecular formula is C46H53N11O5. The number of imide groups is 1. The summed E-state index contributed by atoms with van der Waals surface area (Å²) in [5, 5.41) is 27.6. The number of rotatable bonds is 14. The van der Waals surface area contributed by atoms with Crippen LogP contribution in [0.2, 0.25) is 0 Å². The van der Waals surface area contributed by atoms with E-state index in [2.05, 4.69) is 87.7 Å². The summed E-state index contributed by atoms with van der Waals surface area (Å²) in [5.41, 5.74) is 8.22. The quantitative estimate of drug-likeness (QED) is 0.0667. The number of hydrogen-bond donors (Lipinski definition) is 6. The summed E-state index contributed by atoms with van der Waals surface area (Å²) in [7, 11) is 0. The van der Waals surface area contributed by atoms with Crippen LogP contribution in [-0.4, -0.2) is 87.3 Å². The number of anilines is 3. The van der Waals surface area contributed by atoms with E-state index in [-0.39, 0.29) is 29.9 Å². The standard InChI is InChI=1S/C46H53N11O5/c1-28(51-42(60)43-54-44(55-62-43)46(2,3)4)36-14-7-31(23-32(36)26-58)40-37-24-38(52-41(37)50-27-49-40)30-5-8-33(9-6-30)48-19-18-47-25-29-15-20-56(21-16-29)34-10-12-35(13-11-34)57-22-17-39(59)53-45(57)61/h5-14,23-24,27-29,47-48,58H,15-22,25-26H2,1-4H3,(H,51,60)(H,49,50,52)(H,53,59,61)/t28-/m1/s1. The molecule has 16 heteroatoms. The van der Waals surface area contributed by atoms with Gasteiger partial charge in [-0.3, -0.25) is 19.8 Å². The van der Waals surface area contributed by atoms with Crippen molar-refractivity contribution >= 4 is 45.9 Å². The molecule has 0 saturated carbocycles. The Morgan fingerprint density at radius 2 is 1.68 bits per heavy atom. The molecule has 0 aliphatic carbocycles. The first-order valence-electron chi connectivity index (χ1n) is 21.2. The number of nitrogens with zero attached hydrogens (tertiary/aromatic N) is 6. The van der Waals surface area contributed by atoms with Gasteiger partial charge in [-0.25, -0.2) is 14.8 Å². The summed E-state index contributed by atoms with van der Waals surface area (Å²) < 4.78 is 5.21. The molecule has 2 aliphatic rings. The molecule has 62 heavy (non-hydrogen) atoms. The lowest BCUT2D eigenvalue weighted by atomic mass is 9.96. The molecule has 0 bridgehead atoms. The second-order valence-corrected chi connectivity index (χ2v) is 17.0. The third kappa shape index (κ3) is 9.46. The van der Waals surface area contributed by atoms with Gasteiger partial charge < -0.3 is 35.5 Å². The van der Waals surface area contributed by atoms with Crippen molar-refractivity contribution in [1.82, 2.24) is 41.0 Å². The Labute approximate surface area is 359 Å². The topological polar surface area (TPSA) is 207 Å². The molecule has 16 nitrogen and oxygen atoms in total. The van der Waals surface area contributed by atoms with E-state index in [9.17, 15) is 19.5 Å². The zero-order chi connectivity index (χ0) is 43.4. The van der Waals surface area contributed by atoms with E-state index < -0.39 is 11.9 Å². The molecule has 5 heterocycles. The zero-order valence-corrected chi connectivity index (χ0v) is 35.5. The minimum atomic E-state index is -0.485. The number of nitrogens with one attached hydrogen (secondary N) is 5. The molecular weight excluding hydrogens is 787 g/mol. The minimum Gasteiger partial charge on any atom is -0.392 e. The second-order valence-electron chi connectivity index (χ2n) is 17.0. The summed E-state index contributed by atoms with van der Waals surface area (Å²) in [6, 6.07) is 23.3. The maximum absolute atomic E-state index is 12.9. The van der Waals surface area contributed by atoms with E-state index in [4.69, 9.17) is 4.52 Å². The maximum Gasteiger partial charge on any atom is 0.328 e. The Balaban J connectivity index is 0.807. The number of aliphatic hydroxyl groups excluding tert-OH is 1.